The molecule has 0 saturated carbocycles. The van der Waals surface area contributed by atoms with E-state index in [4.69, 9.17) is 21.1 Å². The molecule has 0 radical (unpaired) electrons. The second-order valence-electron chi connectivity index (χ2n) is 8.20. The number of amides is 1. The Morgan fingerprint density at radius 1 is 1.00 bits per heavy atom. The Morgan fingerprint density at radius 3 is 2.37 bits per heavy atom. The van der Waals surface area contributed by atoms with Gasteiger partial charge in [-0.3, -0.25) is 9.59 Å². The van der Waals surface area contributed by atoms with Gasteiger partial charge in [0.15, 0.2) is 0 Å². The van der Waals surface area contributed by atoms with Crippen LogP contribution in [0.3, 0.4) is 0 Å². The number of likely N-dealkylation sites (tertiary alicyclic amines) is 1. The summed E-state index contributed by atoms with van der Waals surface area (Å²) in [6, 6.07) is 20.3. The van der Waals surface area contributed by atoms with Gasteiger partial charge >= 0.3 is 0 Å². The van der Waals surface area contributed by atoms with E-state index in [1.54, 1.807) is 67.8 Å². The van der Waals surface area contributed by atoms with E-state index in [0.717, 1.165) is 12.0 Å². The van der Waals surface area contributed by atoms with Crippen LogP contribution < -0.4 is 9.47 Å². The van der Waals surface area contributed by atoms with Gasteiger partial charge in [-0.25, -0.2) is 0 Å². The van der Waals surface area contributed by atoms with Crippen molar-refractivity contribution in [2.75, 3.05) is 13.7 Å². The molecule has 6 nitrogen and oxygen atoms in total. The normalized spacial score (nSPS) is 17.0. The predicted octanol–water partition coefficient (Wildman–Crippen LogP) is 5.76. The first kappa shape index (κ1) is 24.4. The second kappa shape index (κ2) is 10.7. The standard InChI is InChI=1S/C28H26ClNO5/c1-3-15-35-23-6-4-5-20(16-23)26(31)24-25(19-9-11-21(29)12-10-19)30(28(33)27(24)32)17-18-7-13-22(34-2)14-8-18/h4-14,16,25,31H,3,15,17H2,1-2H3/b26-24-. The van der Waals surface area contributed by atoms with Gasteiger partial charge in [-0.15, -0.1) is 0 Å². The van der Waals surface area contributed by atoms with E-state index in [9.17, 15) is 14.7 Å². The lowest BCUT2D eigenvalue weighted by Crippen LogP contribution is -2.29. The van der Waals surface area contributed by atoms with Gasteiger partial charge < -0.3 is 19.5 Å². The number of methoxy groups -OCH3 is 1. The molecule has 180 valence electrons. The molecule has 1 atom stereocenters. The summed E-state index contributed by atoms with van der Waals surface area (Å²) >= 11 is 6.09. The molecular weight excluding hydrogens is 466 g/mol. The minimum Gasteiger partial charge on any atom is -0.507 e. The minimum absolute atomic E-state index is 0.0264. The zero-order chi connectivity index (χ0) is 24.9. The highest BCUT2D eigenvalue weighted by Crippen LogP contribution is 2.41. The molecule has 0 spiro atoms. The fourth-order valence-electron chi connectivity index (χ4n) is 4.07. The fourth-order valence-corrected chi connectivity index (χ4v) is 4.20. The van der Waals surface area contributed by atoms with E-state index in [2.05, 4.69) is 0 Å². The molecule has 3 aromatic carbocycles. The van der Waals surface area contributed by atoms with E-state index in [1.807, 2.05) is 19.1 Å². The van der Waals surface area contributed by atoms with E-state index in [0.29, 0.717) is 34.3 Å². The number of hydrogen-bond acceptors (Lipinski definition) is 5. The van der Waals surface area contributed by atoms with Crippen LogP contribution in [0.15, 0.2) is 78.4 Å². The number of rotatable bonds is 8. The summed E-state index contributed by atoms with van der Waals surface area (Å²) in [5, 5.41) is 11.8. The summed E-state index contributed by atoms with van der Waals surface area (Å²) in [7, 11) is 1.58. The van der Waals surface area contributed by atoms with E-state index < -0.39 is 17.7 Å². The molecule has 1 fully saturated rings. The van der Waals surface area contributed by atoms with Crippen molar-refractivity contribution >= 4 is 29.1 Å². The van der Waals surface area contributed by atoms with Crippen LogP contribution in [0.5, 0.6) is 11.5 Å². The van der Waals surface area contributed by atoms with Crippen molar-refractivity contribution in [1.29, 1.82) is 0 Å². The maximum Gasteiger partial charge on any atom is 0.295 e. The first-order valence-corrected chi connectivity index (χ1v) is 11.7. The van der Waals surface area contributed by atoms with Crippen LogP contribution in [-0.4, -0.2) is 35.4 Å². The van der Waals surface area contributed by atoms with Crippen LogP contribution in [0, 0.1) is 0 Å². The summed E-state index contributed by atoms with van der Waals surface area (Å²) in [5.41, 5.74) is 1.92. The molecule has 3 aromatic rings. The number of Topliss-reactive ketones (excluding diaryl/α,β-unsaturated/α-hetero) is 1. The average molecular weight is 492 g/mol. The number of ketones is 1. The van der Waals surface area contributed by atoms with E-state index in [-0.39, 0.29) is 17.9 Å². The lowest BCUT2D eigenvalue weighted by atomic mass is 9.95. The number of hydrogen-bond donors (Lipinski definition) is 1. The van der Waals surface area contributed by atoms with Gasteiger partial charge in [0.2, 0.25) is 0 Å². The van der Waals surface area contributed by atoms with Gasteiger partial charge in [0.1, 0.15) is 17.3 Å². The molecule has 0 aliphatic carbocycles. The van der Waals surface area contributed by atoms with Crippen LogP contribution >= 0.6 is 11.6 Å². The monoisotopic (exact) mass is 491 g/mol. The molecular formula is C28H26ClNO5. The van der Waals surface area contributed by atoms with Crippen LogP contribution in [0.4, 0.5) is 0 Å². The van der Waals surface area contributed by atoms with Crippen molar-refractivity contribution in [2.24, 2.45) is 0 Å². The highest BCUT2D eigenvalue weighted by molar-refractivity contribution is 6.46. The summed E-state index contributed by atoms with van der Waals surface area (Å²) in [6.45, 7) is 2.71. The largest absolute Gasteiger partial charge is 0.507 e. The molecule has 1 heterocycles. The number of aliphatic hydroxyl groups is 1. The van der Waals surface area contributed by atoms with Gasteiger partial charge in [0.05, 0.1) is 25.3 Å². The molecule has 0 aromatic heterocycles. The first-order valence-electron chi connectivity index (χ1n) is 11.3. The van der Waals surface area contributed by atoms with Gasteiger partial charge in [0, 0.05) is 17.1 Å². The first-order chi connectivity index (χ1) is 16.9. The zero-order valence-corrected chi connectivity index (χ0v) is 20.3. The fraction of sp³-hybridized carbons (Fsp3) is 0.214. The molecule has 4 rings (SSSR count). The lowest BCUT2D eigenvalue weighted by Gasteiger charge is -2.25. The Morgan fingerprint density at radius 2 is 1.71 bits per heavy atom. The third-order valence-electron chi connectivity index (χ3n) is 5.82. The molecule has 1 aliphatic rings. The van der Waals surface area contributed by atoms with Crippen molar-refractivity contribution in [3.8, 4) is 11.5 Å². The maximum atomic E-state index is 13.2. The van der Waals surface area contributed by atoms with Crippen molar-refractivity contribution in [3.05, 3.63) is 100 Å². The number of ether oxygens (including phenoxy) is 2. The van der Waals surface area contributed by atoms with Gasteiger partial charge in [-0.05, 0) is 53.9 Å². The van der Waals surface area contributed by atoms with Crippen LogP contribution in [0.25, 0.3) is 5.76 Å². The van der Waals surface area contributed by atoms with E-state index >= 15 is 0 Å². The Kier molecular flexibility index (Phi) is 7.42. The number of carbonyl (C=O) groups excluding carboxylic acids is 2. The molecule has 1 unspecified atom stereocenters. The average Bonchev–Trinajstić information content (AvgIpc) is 3.13. The number of nitrogens with zero attached hydrogens (tertiary/aromatic N) is 1. The number of halogens is 1. The quantitative estimate of drug-likeness (QED) is 0.246. The van der Waals surface area contributed by atoms with Crippen molar-refractivity contribution in [2.45, 2.75) is 25.9 Å². The number of benzene rings is 3. The Balaban J connectivity index is 1.79. The van der Waals surface area contributed by atoms with Crippen LogP contribution in [0.2, 0.25) is 5.02 Å². The van der Waals surface area contributed by atoms with Gasteiger partial charge in [-0.1, -0.05) is 54.9 Å². The third-order valence-corrected chi connectivity index (χ3v) is 6.07. The molecule has 0 bridgehead atoms. The summed E-state index contributed by atoms with van der Waals surface area (Å²) in [6.07, 6.45) is 0.837. The van der Waals surface area contributed by atoms with Crippen molar-refractivity contribution < 1.29 is 24.2 Å². The number of aliphatic hydroxyl groups excluding tert-OH is 1. The Labute approximate surface area is 209 Å². The molecule has 1 saturated heterocycles. The second-order valence-corrected chi connectivity index (χ2v) is 8.64. The molecule has 7 heteroatoms. The molecule has 1 amide bonds. The van der Waals surface area contributed by atoms with E-state index in [1.165, 1.54) is 4.90 Å². The lowest BCUT2D eigenvalue weighted by molar-refractivity contribution is -0.140. The SMILES string of the molecule is CCCOc1cccc(/C(O)=C2/C(=O)C(=O)N(Cc3ccc(OC)cc3)C2c2ccc(Cl)cc2)c1. The Bertz CT molecular complexity index is 1250. The highest BCUT2D eigenvalue weighted by atomic mass is 35.5. The van der Waals surface area contributed by atoms with Crippen molar-refractivity contribution in [3.63, 3.8) is 0 Å². The van der Waals surface area contributed by atoms with Crippen molar-refractivity contribution in [1.82, 2.24) is 4.90 Å². The van der Waals surface area contributed by atoms with Crippen LogP contribution in [-0.2, 0) is 16.1 Å². The topological polar surface area (TPSA) is 76.1 Å². The molecule has 35 heavy (non-hydrogen) atoms. The number of carbonyl (C=O) groups is 2. The molecule has 1 aliphatic heterocycles. The third kappa shape index (κ3) is 5.17. The minimum atomic E-state index is -0.783. The zero-order valence-electron chi connectivity index (χ0n) is 19.5. The van der Waals surface area contributed by atoms with Crippen LogP contribution in [0.1, 0.15) is 36.1 Å². The summed E-state index contributed by atoms with van der Waals surface area (Å²) in [4.78, 5) is 27.9. The molecule has 1 N–H and O–H groups in total. The highest BCUT2D eigenvalue weighted by Gasteiger charge is 2.46. The summed E-state index contributed by atoms with van der Waals surface area (Å²) in [5.74, 6) is -0.402. The maximum absolute atomic E-state index is 13.2. The Hall–Kier alpha value is -3.77. The van der Waals surface area contributed by atoms with Gasteiger partial charge in [-0.2, -0.15) is 0 Å². The predicted molar refractivity (Wildman–Crippen MR) is 135 cm³/mol. The smallest absolute Gasteiger partial charge is 0.295 e. The summed E-state index contributed by atoms with van der Waals surface area (Å²) < 4.78 is 10.9. The van der Waals surface area contributed by atoms with Gasteiger partial charge in [0.25, 0.3) is 11.7 Å².